The Hall–Kier alpha value is -1.02. The Morgan fingerprint density at radius 3 is 2.31 bits per heavy atom. The SMILES string of the molecule is CC.CCC(C)c1cccc(OC(CC(C)(C)C)OC2CCCCC2)c1. The van der Waals surface area contributed by atoms with Crippen molar-refractivity contribution < 1.29 is 9.47 Å². The molecule has 1 aromatic rings. The Morgan fingerprint density at radius 1 is 1.08 bits per heavy atom. The molecule has 1 aliphatic carbocycles. The van der Waals surface area contributed by atoms with Crippen LogP contribution in [0.1, 0.15) is 105 Å². The average molecular weight is 363 g/mol. The van der Waals surface area contributed by atoms with Gasteiger partial charge in [-0.15, -0.1) is 0 Å². The molecule has 0 aliphatic heterocycles. The molecule has 1 aromatic carbocycles. The number of hydrogen-bond donors (Lipinski definition) is 0. The quantitative estimate of drug-likeness (QED) is 0.462. The van der Waals surface area contributed by atoms with Crippen molar-refractivity contribution in [2.45, 2.75) is 112 Å². The summed E-state index contributed by atoms with van der Waals surface area (Å²) >= 11 is 0. The second-order valence-electron chi connectivity index (χ2n) is 8.59. The van der Waals surface area contributed by atoms with E-state index >= 15 is 0 Å². The van der Waals surface area contributed by atoms with Crippen LogP contribution >= 0.6 is 0 Å². The molecule has 2 atom stereocenters. The summed E-state index contributed by atoms with van der Waals surface area (Å²) in [5.41, 5.74) is 1.54. The van der Waals surface area contributed by atoms with Crippen LogP contribution in [-0.2, 0) is 4.74 Å². The molecule has 0 bridgehead atoms. The van der Waals surface area contributed by atoms with Gasteiger partial charge in [-0.25, -0.2) is 0 Å². The predicted octanol–water partition coefficient (Wildman–Crippen LogP) is 7.72. The van der Waals surface area contributed by atoms with Crippen molar-refractivity contribution in [1.82, 2.24) is 0 Å². The van der Waals surface area contributed by atoms with Crippen LogP contribution in [0.25, 0.3) is 0 Å². The van der Waals surface area contributed by atoms with Gasteiger partial charge in [0, 0.05) is 6.42 Å². The zero-order chi connectivity index (χ0) is 19.6. The van der Waals surface area contributed by atoms with Crippen LogP contribution in [0.15, 0.2) is 24.3 Å². The van der Waals surface area contributed by atoms with Gasteiger partial charge in [-0.1, -0.05) is 79.9 Å². The van der Waals surface area contributed by atoms with E-state index in [1.54, 1.807) is 0 Å². The van der Waals surface area contributed by atoms with Crippen molar-refractivity contribution in [2.24, 2.45) is 5.41 Å². The fourth-order valence-electron chi connectivity index (χ4n) is 3.32. The molecule has 1 saturated carbocycles. The average Bonchev–Trinajstić information content (AvgIpc) is 2.62. The first kappa shape index (κ1) is 23.0. The van der Waals surface area contributed by atoms with E-state index in [4.69, 9.17) is 9.47 Å². The van der Waals surface area contributed by atoms with Gasteiger partial charge in [0.05, 0.1) is 6.10 Å². The van der Waals surface area contributed by atoms with Crippen molar-refractivity contribution in [3.8, 4) is 5.75 Å². The van der Waals surface area contributed by atoms with Crippen LogP contribution in [0.5, 0.6) is 5.75 Å². The summed E-state index contributed by atoms with van der Waals surface area (Å²) in [6, 6.07) is 8.55. The van der Waals surface area contributed by atoms with Gasteiger partial charge in [-0.2, -0.15) is 0 Å². The first-order valence-corrected chi connectivity index (χ1v) is 10.8. The van der Waals surface area contributed by atoms with E-state index in [-0.39, 0.29) is 11.7 Å². The number of hydrogen-bond acceptors (Lipinski definition) is 2. The molecule has 1 fully saturated rings. The molecule has 26 heavy (non-hydrogen) atoms. The Balaban J connectivity index is 0.00000163. The zero-order valence-corrected chi connectivity index (χ0v) is 18.3. The summed E-state index contributed by atoms with van der Waals surface area (Å²) in [6.45, 7) is 15.3. The van der Waals surface area contributed by atoms with E-state index in [1.165, 1.54) is 37.7 Å². The maximum Gasteiger partial charge on any atom is 0.200 e. The van der Waals surface area contributed by atoms with Crippen LogP contribution in [0.3, 0.4) is 0 Å². The monoisotopic (exact) mass is 362 g/mol. The minimum absolute atomic E-state index is 0.153. The van der Waals surface area contributed by atoms with Crippen LogP contribution in [-0.4, -0.2) is 12.4 Å². The number of benzene rings is 1. The van der Waals surface area contributed by atoms with Crippen molar-refractivity contribution >= 4 is 0 Å². The zero-order valence-electron chi connectivity index (χ0n) is 18.3. The van der Waals surface area contributed by atoms with E-state index < -0.39 is 0 Å². The van der Waals surface area contributed by atoms with Crippen molar-refractivity contribution in [3.05, 3.63) is 29.8 Å². The Kier molecular flexibility index (Phi) is 10.3. The van der Waals surface area contributed by atoms with E-state index in [1.807, 2.05) is 13.8 Å². The molecule has 0 saturated heterocycles. The molecule has 0 aromatic heterocycles. The lowest BCUT2D eigenvalue weighted by Crippen LogP contribution is -2.32. The fraction of sp³-hybridized carbons (Fsp3) is 0.750. The lowest BCUT2D eigenvalue weighted by molar-refractivity contribution is -0.142. The third-order valence-electron chi connectivity index (χ3n) is 4.98. The molecule has 2 nitrogen and oxygen atoms in total. The molecule has 0 spiro atoms. The summed E-state index contributed by atoms with van der Waals surface area (Å²) in [5, 5.41) is 0. The Bertz CT molecular complexity index is 483. The topological polar surface area (TPSA) is 18.5 Å². The lowest BCUT2D eigenvalue weighted by atomic mass is 9.91. The minimum Gasteiger partial charge on any atom is -0.465 e. The minimum atomic E-state index is -0.153. The molecule has 150 valence electrons. The number of rotatable bonds is 7. The molecule has 2 unspecified atom stereocenters. The summed E-state index contributed by atoms with van der Waals surface area (Å²) in [7, 11) is 0. The van der Waals surface area contributed by atoms with Gasteiger partial charge < -0.3 is 9.47 Å². The van der Waals surface area contributed by atoms with Crippen LogP contribution in [0.2, 0.25) is 0 Å². The highest BCUT2D eigenvalue weighted by molar-refractivity contribution is 5.30. The molecule has 0 radical (unpaired) electrons. The van der Waals surface area contributed by atoms with Gasteiger partial charge in [0.15, 0.2) is 0 Å². The summed E-state index contributed by atoms with van der Waals surface area (Å²) in [6.07, 6.45) is 8.55. The van der Waals surface area contributed by atoms with E-state index in [0.29, 0.717) is 12.0 Å². The maximum atomic E-state index is 6.38. The summed E-state index contributed by atoms with van der Waals surface area (Å²) in [5.74, 6) is 1.51. The second-order valence-corrected chi connectivity index (χ2v) is 8.59. The highest BCUT2D eigenvalue weighted by Gasteiger charge is 2.25. The van der Waals surface area contributed by atoms with Crippen molar-refractivity contribution in [3.63, 3.8) is 0 Å². The first-order chi connectivity index (χ1) is 12.4. The molecule has 1 aliphatic rings. The standard InChI is InChI=1S/C22H36O2.C2H6/c1-6-17(2)18-11-10-14-20(15-18)24-21(16-22(3,4)5)23-19-12-8-7-9-13-19;1-2/h10-11,14-15,17,19,21H,6-9,12-13,16H2,1-5H3;1-2H3. The van der Waals surface area contributed by atoms with Gasteiger partial charge in [0.1, 0.15) is 5.75 Å². The molecule has 2 rings (SSSR count). The summed E-state index contributed by atoms with van der Waals surface area (Å²) in [4.78, 5) is 0. The van der Waals surface area contributed by atoms with Crippen molar-refractivity contribution in [1.29, 1.82) is 0 Å². The molecular formula is C24H42O2. The summed E-state index contributed by atoms with van der Waals surface area (Å²) < 4.78 is 12.7. The second kappa shape index (κ2) is 11.6. The van der Waals surface area contributed by atoms with Gasteiger partial charge in [0.25, 0.3) is 0 Å². The van der Waals surface area contributed by atoms with Crippen LogP contribution in [0.4, 0.5) is 0 Å². The maximum absolute atomic E-state index is 6.38. The normalized spacial score (nSPS) is 17.8. The molecule has 0 amide bonds. The predicted molar refractivity (Wildman–Crippen MR) is 113 cm³/mol. The van der Waals surface area contributed by atoms with E-state index in [2.05, 4.69) is 58.9 Å². The first-order valence-electron chi connectivity index (χ1n) is 10.8. The van der Waals surface area contributed by atoms with Gasteiger partial charge >= 0.3 is 0 Å². The van der Waals surface area contributed by atoms with Crippen LogP contribution < -0.4 is 4.74 Å². The number of ether oxygens (including phenoxy) is 2. The highest BCUT2D eigenvalue weighted by Crippen LogP contribution is 2.30. The highest BCUT2D eigenvalue weighted by atomic mass is 16.7. The van der Waals surface area contributed by atoms with Gasteiger partial charge in [-0.05, 0) is 48.3 Å². The Morgan fingerprint density at radius 2 is 1.73 bits per heavy atom. The fourth-order valence-corrected chi connectivity index (χ4v) is 3.32. The van der Waals surface area contributed by atoms with Gasteiger partial charge in [0.2, 0.25) is 6.29 Å². The molecular weight excluding hydrogens is 320 g/mol. The molecule has 2 heteroatoms. The largest absolute Gasteiger partial charge is 0.465 e. The van der Waals surface area contributed by atoms with Crippen molar-refractivity contribution in [2.75, 3.05) is 0 Å². The third kappa shape index (κ3) is 8.58. The Labute approximate surface area is 162 Å². The lowest BCUT2D eigenvalue weighted by Gasteiger charge is -2.31. The van der Waals surface area contributed by atoms with Gasteiger partial charge in [-0.3, -0.25) is 0 Å². The smallest absolute Gasteiger partial charge is 0.200 e. The van der Waals surface area contributed by atoms with E-state index in [9.17, 15) is 0 Å². The third-order valence-corrected chi connectivity index (χ3v) is 4.98. The molecule has 0 N–H and O–H groups in total. The van der Waals surface area contributed by atoms with E-state index in [0.717, 1.165) is 18.6 Å². The molecule has 0 heterocycles. The van der Waals surface area contributed by atoms with Crippen LogP contribution in [0, 0.1) is 5.41 Å².